The molecule has 1 fully saturated rings. The molecule has 0 spiro atoms. The molecule has 0 aromatic carbocycles. The Hall–Kier alpha value is -0.0800. The van der Waals surface area contributed by atoms with E-state index in [4.69, 9.17) is 4.74 Å². The molecule has 2 heteroatoms. The van der Waals surface area contributed by atoms with Crippen molar-refractivity contribution >= 4 is 0 Å². The molecular weight excluding hydrogens is 174 g/mol. The number of hydrogen-bond acceptors (Lipinski definition) is 2. The molecule has 1 saturated carbocycles. The van der Waals surface area contributed by atoms with Crippen LogP contribution in [0.15, 0.2) is 0 Å². The highest BCUT2D eigenvalue weighted by molar-refractivity contribution is 4.71. The van der Waals surface area contributed by atoms with E-state index in [0.717, 1.165) is 25.7 Å². The number of rotatable bonds is 7. The fourth-order valence-corrected chi connectivity index (χ4v) is 1.91. The van der Waals surface area contributed by atoms with Gasteiger partial charge in [-0.25, -0.2) is 0 Å². The van der Waals surface area contributed by atoms with E-state index in [1.807, 2.05) is 7.05 Å². The molecular formula is C12H25NO. The van der Waals surface area contributed by atoms with Gasteiger partial charge in [0.2, 0.25) is 0 Å². The minimum absolute atomic E-state index is 0.272. The maximum Gasteiger partial charge on any atom is 0.0529 e. The van der Waals surface area contributed by atoms with Crippen LogP contribution in [-0.2, 0) is 4.74 Å². The summed E-state index contributed by atoms with van der Waals surface area (Å²) in [6.07, 6.45) is 5.58. The largest absolute Gasteiger partial charge is 0.381 e. The predicted octanol–water partition coefficient (Wildman–Crippen LogP) is 2.44. The molecule has 0 aromatic rings. The monoisotopic (exact) mass is 199 g/mol. The first kappa shape index (κ1) is 12.0. The fourth-order valence-electron chi connectivity index (χ4n) is 1.91. The van der Waals surface area contributed by atoms with E-state index in [-0.39, 0.29) is 5.41 Å². The van der Waals surface area contributed by atoms with Crippen LogP contribution in [-0.4, -0.2) is 26.8 Å². The molecule has 1 rings (SSSR count). The summed E-state index contributed by atoms with van der Waals surface area (Å²) < 4.78 is 5.72. The zero-order chi connectivity index (χ0) is 10.4. The van der Waals surface area contributed by atoms with Crippen LogP contribution in [0.4, 0.5) is 0 Å². The lowest BCUT2D eigenvalue weighted by Crippen LogP contribution is -2.31. The van der Waals surface area contributed by atoms with E-state index >= 15 is 0 Å². The Balaban J connectivity index is 1.96. The zero-order valence-electron chi connectivity index (χ0n) is 9.94. The minimum Gasteiger partial charge on any atom is -0.381 e. The third kappa shape index (κ3) is 4.43. The van der Waals surface area contributed by atoms with Crippen molar-refractivity contribution in [3.05, 3.63) is 0 Å². The van der Waals surface area contributed by atoms with Crippen LogP contribution in [0.1, 0.15) is 39.5 Å². The molecule has 0 aliphatic heterocycles. The zero-order valence-corrected chi connectivity index (χ0v) is 9.94. The standard InChI is InChI=1S/C12H25NO/c1-12(2,9-13-3)10-14-8-7-11-5-4-6-11/h11,13H,4-10H2,1-3H3. The molecule has 2 nitrogen and oxygen atoms in total. The van der Waals surface area contributed by atoms with Crippen LogP contribution < -0.4 is 5.32 Å². The van der Waals surface area contributed by atoms with Gasteiger partial charge >= 0.3 is 0 Å². The molecule has 0 radical (unpaired) electrons. The molecule has 14 heavy (non-hydrogen) atoms. The Morgan fingerprint density at radius 1 is 1.36 bits per heavy atom. The van der Waals surface area contributed by atoms with Crippen LogP contribution in [0.25, 0.3) is 0 Å². The molecule has 0 unspecified atom stereocenters. The van der Waals surface area contributed by atoms with Gasteiger partial charge in [-0.05, 0) is 19.4 Å². The summed E-state index contributed by atoms with van der Waals surface area (Å²) in [6, 6.07) is 0. The second-order valence-corrected chi connectivity index (χ2v) is 5.33. The minimum atomic E-state index is 0.272. The fraction of sp³-hybridized carbons (Fsp3) is 1.00. The summed E-state index contributed by atoms with van der Waals surface area (Å²) in [7, 11) is 2.00. The first-order valence-electron chi connectivity index (χ1n) is 5.86. The summed E-state index contributed by atoms with van der Waals surface area (Å²) in [5, 5.41) is 3.20. The van der Waals surface area contributed by atoms with Gasteiger partial charge in [0.05, 0.1) is 6.61 Å². The smallest absolute Gasteiger partial charge is 0.0529 e. The van der Waals surface area contributed by atoms with E-state index in [2.05, 4.69) is 19.2 Å². The van der Waals surface area contributed by atoms with E-state index in [1.165, 1.54) is 25.7 Å². The first-order chi connectivity index (χ1) is 6.64. The molecule has 1 aliphatic rings. The molecule has 0 bridgehead atoms. The van der Waals surface area contributed by atoms with Crippen molar-refractivity contribution in [3.8, 4) is 0 Å². The molecule has 0 amide bonds. The summed E-state index contributed by atoms with van der Waals surface area (Å²) in [4.78, 5) is 0. The van der Waals surface area contributed by atoms with E-state index < -0.39 is 0 Å². The average molecular weight is 199 g/mol. The summed E-state index contributed by atoms with van der Waals surface area (Å²) in [6.45, 7) is 7.34. The number of nitrogens with one attached hydrogen (secondary N) is 1. The van der Waals surface area contributed by atoms with Crippen LogP contribution in [0.2, 0.25) is 0 Å². The van der Waals surface area contributed by atoms with Crippen molar-refractivity contribution in [3.63, 3.8) is 0 Å². The number of ether oxygens (including phenoxy) is 1. The highest BCUT2D eigenvalue weighted by Gasteiger charge is 2.19. The highest BCUT2D eigenvalue weighted by atomic mass is 16.5. The quantitative estimate of drug-likeness (QED) is 0.636. The van der Waals surface area contributed by atoms with Crippen molar-refractivity contribution in [1.29, 1.82) is 0 Å². The van der Waals surface area contributed by atoms with Gasteiger partial charge in [-0.1, -0.05) is 33.1 Å². The molecule has 0 saturated heterocycles. The van der Waals surface area contributed by atoms with E-state index in [1.54, 1.807) is 0 Å². The topological polar surface area (TPSA) is 21.3 Å². The SMILES string of the molecule is CNCC(C)(C)COCCC1CCC1. The van der Waals surface area contributed by atoms with Crippen LogP contribution in [0, 0.1) is 11.3 Å². The third-order valence-corrected chi connectivity index (χ3v) is 3.04. The van der Waals surface area contributed by atoms with E-state index in [0.29, 0.717) is 0 Å². The van der Waals surface area contributed by atoms with Crippen molar-refractivity contribution < 1.29 is 4.74 Å². The van der Waals surface area contributed by atoms with Gasteiger partial charge < -0.3 is 10.1 Å². The summed E-state index contributed by atoms with van der Waals surface area (Å²) in [5.74, 6) is 0.974. The molecule has 84 valence electrons. The Labute approximate surface area is 88.4 Å². The van der Waals surface area contributed by atoms with E-state index in [9.17, 15) is 0 Å². The maximum atomic E-state index is 5.72. The molecule has 0 aromatic heterocycles. The second-order valence-electron chi connectivity index (χ2n) is 5.33. The summed E-state index contributed by atoms with van der Waals surface area (Å²) >= 11 is 0. The Kier molecular flexibility index (Phi) is 4.90. The lowest BCUT2D eigenvalue weighted by molar-refractivity contribution is 0.0487. The Morgan fingerprint density at radius 3 is 2.57 bits per heavy atom. The molecule has 1 aliphatic carbocycles. The van der Waals surface area contributed by atoms with Crippen molar-refractivity contribution in [1.82, 2.24) is 5.32 Å². The molecule has 1 N–H and O–H groups in total. The summed E-state index contributed by atoms with van der Waals surface area (Å²) in [5.41, 5.74) is 0.272. The van der Waals surface area contributed by atoms with Gasteiger partial charge in [-0.3, -0.25) is 0 Å². The normalized spacial score (nSPS) is 18.2. The number of hydrogen-bond donors (Lipinski definition) is 1. The maximum absolute atomic E-state index is 5.72. The van der Waals surface area contributed by atoms with Crippen molar-refractivity contribution in [2.24, 2.45) is 11.3 Å². The lowest BCUT2D eigenvalue weighted by Gasteiger charge is -2.27. The van der Waals surface area contributed by atoms with Crippen LogP contribution in [0.5, 0.6) is 0 Å². The van der Waals surface area contributed by atoms with Gasteiger partial charge in [0.25, 0.3) is 0 Å². The van der Waals surface area contributed by atoms with Gasteiger partial charge in [0, 0.05) is 18.6 Å². The van der Waals surface area contributed by atoms with Crippen LogP contribution >= 0.6 is 0 Å². The molecule has 0 heterocycles. The predicted molar refractivity (Wildman–Crippen MR) is 60.5 cm³/mol. The first-order valence-corrected chi connectivity index (χ1v) is 5.86. The van der Waals surface area contributed by atoms with Gasteiger partial charge in [0.15, 0.2) is 0 Å². The van der Waals surface area contributed by atoms with Gasteiger partial charge in [-0.2, -0.15) is 0 Å². The van der Waals surface area contributed by atoms with Crippen LogP contribution in [0.3, 0.4) is 0 Å². The second kappa shape index (κ2) is 5.72. The lowest BCUT2D eigenvalue weighted by atomic mass is 9.83. The van der Waals surface area contributed by atoms with Crippen molar-refractivity contribution in [2.45, 2.75) is 39.5 Å². The third-order valence-electron chi connectivity index (χ3n) is 3.04. The highest BCUT2D eigenvalue weighted by Crippen LogP contribution is 2.29. The molecule has 0 atom stereocenters. The Bertz CT molecular complexity index is 152. The van der Waals surface area contributed by atoms with Crippen molar-refractivity contribution in [2.75, 3.05) is 26.8 Å². The Morgan fingerprint density at radius 2 is 2.07 bits per heavy atom. The van der Waals surface area contributed by atoms with Gasteiger partial charge in [0.1, 0.15) is 0 Å². The van der Waals surface area contributed by atoms with Gasteiger partial charge in [-0.15, -0.1) is 0 Å². The average Bonchev–Trinajstić information content (AvgIpc) is 2.00.